The van der Waals surface area contributed by atoms with E-state index in [1.165, 1.54) is 11.0 Å². The number of ether oxygens (including phenoxy) is 2. The van der Waals surface area contributed by atoms with Gasteiger partial charge in [-0.3, -0.25) is 19.4 Å². The Labute approximate surface area is 299 Å². The summed E-state index contributed by atoms with van der Waals surface area (Å²) < 4.78 is 26.4. The number of halogens is 3. The second-order valence-electron chi connectivity index (χ2n) is 11.5. The van der Waals surface area contributed by atoms with Crippen molar-refractivity contribution in [1.29, 1.82) is 0 Å². The van der Waals surface area contributed by atoms with E-state index in [-0.39, 0.29) is 48.7 Å². The number of Topliss-reactive ketones (excluding diaryl/α,β-unsaturated/α-hetero) is 1. The average molecular weight is 718 g/mol. The first-order valence-electron chi connectivity index (χ1n) is 15.9. The number of nitrogens with one attached hydrogen (secondary N) is 1. The van der Waals surface area contributed by atoms with Crippen molar-refractivity contribution in [2.45, 2.75) is 46.3 Å². The molecule has 1 N–H and O–H groups in total. The van der Waals surface area contributed by atoms with Crippen LogP contribution in [0, 0.1) is 12.7 Å². The molecule has 3 aromatic carbocycles. The molecule has 5 rings (SSSR count). The molecule has 0 aliphatic carbocycles. The molecule has 50 heavy (non-hydrogen) atoms. The highest BCUT2D eigenvalue weighted by Gasteiger charge is 2.20. The third-order valence-electron chi connectivity index (χ3n) is 8.02. The molecule has 0 spiro atoms. The van der Waals surface area contributed by atoms with E-state index >= 15 is 0 Å². The number of anilines is 1. The standard InChI is InChI=1S/C38H35Cl2FN4O5/c1-4-32(46)30-15-12-24(19-42-30)13-17-35(47)43-20-36(48)45(3)31-16-14-28(39)27(37(31)40)22-50-33-11-7-9-26-34(18-23(2)44-38(26)33)49-21-25-8-5-6-10-29(25)41/h5-12,14-16,18-19H,4,13,17,20-22H2,1-3H3,(H,43,47). The van der Waals surface area contributed by atoms with Gasteiger partial charge < -0.3 is 19.7 Å². The highest BCUT2D eigenvalue weighted by molar-refractivity contribution is 6.38. The zero-order chi connectivity index (χ0) is 35.8. The average Bonchev–Trinajstić information content (AvgIpc) is 3.12. The van der Waals surface area contributed by atoms with Crippen molar-refractivity contribution in [2.24, 2.45) is 0 Å². The third-order valence-corrected chi connectivity index (χ3v) is 8.79. The van der Waals surface area contributed by atoms with Gasteiger partial charge in [0.2, 0.25) is 11.8 Å². The van der Waals surface area contributed by atoms with Crippen LogP contribution in [-0.2, 0) is 29.2 Å². The lowest BCUT2D eigenvalue weighted by Crippen LogP contribution is -2.38. The number of carbonyl (C=O) groups excluding carboxylic acids is 3. The maximum Gasteiger partial charge on any atom is 0.246 e. The highest BCUT2D eigenvalue weighted by atomic mass is 35.5. The highest BCUT2D eigenvalue weighted by Crippen LogP contribution is 2.37. The molecule has 12 heteroatoms. The molecule has 0 unspecified atom stereocenters. The lowest BCUT2D eigenvalue weighted by Gasteiger charge is -2.21. The molecule has 0 aliphatic heterocycles. The number of nitrogens with zero attached hydrogens (tertiary/aromatic N) is 3. The first-order chi connectivity index (χ1) is 24.0. The fourth-order valence-corrected chi connectivity index (χ4v) is 5.74. The second kappa shape index (κ2) is 16.6. The molecule has 0 bridgehead atoms. The van der Waals surface area contributed by atoms with Crippen LogP contribution in [0.5, 0.6) is 11.5 Å². The van der Waals surface area contributed by atoms with Crippen molar-refractivity contribution in [3.63, 3.8) is 0 Å². The molecule has 0 fully saturated rings. The van der Waals surface area contributed by atoms with E-state index in [1.807, 2.05) is 13.0 Å². The van der Waals surface area contributed by atoms with Crippen LogP contribution >= 0.6 is 23.2 Å². The first kappa shape index (κ1) is 36.2. The number of para-hydroxylation sites is 1. The minimum Gasteiger partial charge on any atom is -0.488 e. The Hall–Kier alpha value is -5.06. The minimum atomic E-state index is -0.393. The van der Waals surface area contributed by atoms with Gasteiger partial charge in [0.15, 0.2) is 5.78 Å². The van der Waals surface area contributed by atoms with Gasteiger partial charge in [-0.2, -0.15) is 0 Å². The second-order valence-corrected chi connectivity index (χ2v) is 12.3. The maximum atomic E-state index is 14.2. The van der Waals surface area contributed by atoms with Gasteiger partial charge in [-0.25, -0.2) is 9.37 Å². The number of fused-ring (bicyclic) bond motifs is 1. The fraction of sp³-hybridized carbons (Fsp3) is 0.237. The molecule has 2 aromatic heterocycles. The predicted octanol–water partition coefficient (Wildman–Crippen LogP) is 7.85. The van der Waals surface area contributed by atoms with E-state index in [0.717, 1.165) is 5.56 Å². The molecule has 9 nitrogen and oxygen atoms in total. The molecule has 0 atom stereocenters. The SMILES string of the molecule is CCC(=O)c1ccc(CCC(=O)NCC(=O)N(C)c2ccc(Cl)c(COc3cccc4c(OCc5ccccc5F)cc(C)nc34)c2Cl)cn1. The van der Waals surface area contributed by atoms with Crippen LogP contribution in [0.4, 0.5) is 10.1 Å². The number of ketones is 1. The maximum absolute atomic E-state index is 14.2. The number of pyridine rings is 2. The van der Waals surface area contributed by atoms with E-state index < -0.39 is 5.91 Å². The van der Waals surface area contributed by atoms with Gasteiger partial charge in [0.1, 0.15) is 41.7 Å². The molecule has 5 aromatic rings. The zero-order valence-electron chi connectivity index (χ0n) is 27.8. The lowest BCUT2D eigenvalue weighted by atomic mass is 10.1. The summed E-state index contributed by atoms with van der Waals surface area (Å²) in [4.78, 5) is 47.5. The smallest absolute Gasteiger partial charge is 0.246 e. The number of aryl methyl sites for hydroxylation is 2. The van der Waals surface area contributed by atoms with Gasteiger partial charge >= 0.3 is 0 Å². The monoisotopic (exact) mass is 716 g/mol. The Morgan fingerprint density at radius 2 is 1.72 bits per heavy atom. The molecular weight excluding hydrogens is 682 g/mol. The van der Waals surface area contributed by atoms with E-state index in [9.17, 15) is 18.8 Å². The predicted molar refractivity (Wildman–Crippen MR) is 192 cm³/mol. The Kier molecular flexibility index (Phi) is 12.0. The summed E-state index contributed by atoms with van der Waals surface area (Å²) in [5.74, 6) is -0.116. The van der Waals surface area contributed by atoms with Crippen LogP contribution in [0.1, 0.15) is 52.6 Å². The number of aromatic nitrogens is 2. The Morgan fingerprint density at radius 1 is 0.940 bits per heavy atom. The van der Waals surface area contributed by atoms with E-state index in [2.05, 4.69) is 15.3 Å². The number of rotatable bonds is 14. The number of hydrogen-bond donors (Lipinski definition) is 1. The summed E-state index contributed by atoms with van der Waals surface area (Å²) in [6.45, 7) is 3.36. The number of likely N-dealkylation sites (N-methyl/N-ethyl adjacent to an activating group) is 1. The number of carbonyl (C=O) groups is 3. The number of amides is 2. The first-order valence-corrected chi connectivity index (χ1v) is 16.7. The Balaban J connectivity index is 1.22. The van der Waals surface area contributed by atoms with Crippen LogP contribution in [0.15, 0.2) is 79.0 Å². The van der Waals surface area contributed by atoms with Crippen molar-refractivity contribution < 1.29 is 28.2 Å². The normalized spacial score (nSPS) is 10.9. The van der Waals surface area contributed by atoms with Crippen molar-refractivity contribution in [3.05, 3.63) is 123 Å². The van der Waals surface area contributed by atoms with Crippen molar-refractivity contribution in [1.82, 2.24) is 15.3 Å². The molecule has 2 amide bonds. The molecule has 2 heterocycles. The topological polar surface area (TPSA) is 111 Å². The van der Waals surface area contributed by atoms with Crippen molar-refractivity contribution in [2.75, 3.05) is 18.5 Å². The summed E-state index contributed by atoms with van der Waals surface area (Å²) in [5.41, 5.74) is 3.69. The third kappa shape index (κ3) is 8.74. The summed E-state index contributed by atoms with van der Waals surface area (Å²) in [5, 5.41) is 3.89. The van der Waals surface area contributed by atoms with Crippen LogP contribution in [0.25, 0.3) is 10.9 Å². The van der Waals surface area contributed by atoms with E-state index in [1.54, 1.807) is 80.8 Å². The summed E-state index contributed by atoms with van der Waals surface area (Å²) >= 11 is 13.3. The van der Waals surface area contributed by atoms with Gasteiger partial charge in [0.25, 0.3) is 0 Å². The Bertz CT molecular complexity index is 2040. The molecule has 0 radical (unpaired) electrons. The zero-order valence-corrected chi connectivity index (χ0v) is 29.3. The minimum absolute atomic E-state index is 0.0349. The van der Waals surface area contributed by atoms with Gasteiger partial charge in [-0.1, -0.05) is 60.5 Å². The van der Waals surface area contributed by atoms with Gasteiger partial charge in [0, 0.05) is 59.4 Å². The largest absolute Gasteiger partial charge is 0.488 e. The molecule has 0 aliphatic rings. The summed E-state index contributed by atoms with van der Waals surface area (Å²) in [6.07, 6.45) is 2.50. The van der Waals surface area contributed by atoms with E-state index in [0.29, 0.717) is 68.5 Å². The van der Waals surface area contributed by atoms with Crippen molar-refractivity contribution >= 4 is 57.4 Å². The van der Waals surface area contributed by atoms with Crippen molar-refractivity contribution in [3.8, 4) is 11.5 Å². The number of benzene rings is 3. The molecule has 258 valence electrons. The van der Waals surface area contributed by atoms with Crippen LogP contribution in [0.3, 0.4) is 0 Å². The van der Waals surface area contributed by atoms with Crippen LogP contribution in [0.2, 0.25) is 10.0 Å². The molecule has 0 saturated carbocycles. The summed E-state index contributed by atoms with van der Waals surface area (Å²) in [7, 11) is 1.55. The number of hydrogen-bond acceptors (Lipinski definition) is 7. The fourth-order valence-electron chi connectivity index (χ4n) is 5.14. The molecular formula is C38H35Cl2FN4O5. The molecule has 0 saturated heterocycles. The van der Waals surface area contributed by atoms with Gasteiger partial charge in [-0.05, 0) is 55.3 Å². The van der Waals surface area contributed by atoms with Crippen LogP contribution < -0.4 is 19.7 Å². The van der Waals surface area contributed by atoms with Crippen LogP contribution in [-0.4, -0.2) is 41.2 Å². The lowest BCUT2D eigenvalue weighted by molar-refractivity contribution is -0.124. The summed E-state index contributed by atoms with van der Waals surface area (Å²) in [6, 6.07) is 20.3. The quantitative estimate of drug-likeness (QED) is 0.117. The van der Waals surface area contributed by atoms with Gasteiger partial charge in [0.05, 0.1) is 17.3 Å². The van der Waals surface area contributed by atoms with E-state index in [4.69, 9.17) is 32.7 Å². The van der Waals surface area contributed by atoms with Gasteiger partial charge in [-0.15, -0.1) is 0 Å². The Morgan fingerprint density at radius 3 is 2.46 bits per heavy atom.